The molecule has 1 aliphatic carbocycles. The molecule has 2 atom stereocenters. The van der Waals surface area contributed by atoms with Crippen molar-refractivity contribution in [1.29, 1.82) is 0 Å². The van der Waals surface area contributed by atoms with Gasteiger partial charge in [0.2, 0.25) is 0 Å². The Bertz CT molecular complexity index is 211. The smallest absolute Gasteiger partial charge is 0.0568 e. The lowest BCUT2D eigenvalue weighted by molar-refractivity contribution is -0.00480. The predicted octanol–water partition coefficient (Wildman–Crippen LogP) is 3.86. The fourth-order valence-corrected chi connectivity index (χ4v) is 2.56. The second kappa shape index (κ2) is 4.08. The van der Waals surface area contributed by atoms with Crippen LogP contribution >= 0.6 is 0 Å². The Morgan fingerprint density at radius 3 is 1.87 bits per heavy atom. The third-order valence-electron chi connectivity index (χ3n) is 5.12. The minimum absolute atomic E-state index is 0.0795. The van der Waals surface area contributed by atoms with E-state index in [9.17, 15) is 5.11 Å². The minimum Gasteiger partial charge on any atom is -0.393 e. The van der Waals surface area contributed by atoms with Gasteiger partial charge in [-0.2, -0.15) is 0 Å². The van der Waals surface area contributed by atoms with Crippen molar-refractivity contribution in [2.45, 2.75) is 66.9 Å². The van der Waals surface area contributed by atoms with Gasteiger partial charge in [0.15, 0.2) is 0 Å². The zero-order chi connectivity index (χ0) is 11.9. The molecule has 0 amide bonds. The zero-order valence-electron chi connectivity index (χ0n) is 11.3. The van der Waals surface area contributed by atoms with Crippen molar-refractivity contribution in [3.63, 3.8) is 0 Å². The summed E-state index contributed by atoms with van der Waals surface area (Å²) in [6.45, 7) is 13.4. The molecule has 2 unspecified atom stereocenters. The molecule has 0 saturated heterocycles. The molecule has 1 heteroatoms. The van der Waals surface area contributed by atoms with Gasteiger partial charge >= 0.3 is 0 Å². The SMILES string of the molecule is CC(C)C(C)CC1(C(C)(C)C(C)O)CC1. The highest BCUT2D eigenvalue weighted by atomic mass is 16.3. The van der Waals surface area contributed by atoms with E-state index in [1.807, 2.05) is 6.92 Å². The van der Waals surface area contributed by atoms with Gasteiger partial charge in [-0.15, -0.1) is 0 Å². The highest BCUT2D eigenvalue weighted by Gasteiger charge is 2.56. The third kappa shape index (κ3) is 2.38. The quantitative estimate of drug-likeness (QED) is 0.734. The lowest BCUT2D eigenvalue weighted by atomic mass is 9.67. The first kappa shape index (κ1) is 13.0. The molecule has 0 aromatic rings. The summed E-state index contributed by atoms with van der Waals surface area (Å²) in [5.41, 5.74) is 0.501. The Hall–Kier alpha value is -0.0400. The number of aliphatic hydroxyl groups is 1. The van der Waals surface area contributed by atoms with Gasteiger partial charge in [-0.1, -0.05) is 34.6 Å². The first-order valence-corrected chi connectivity index (χ1v) is 6.41. The van der Waals surface area contributed by atoms with E-state index < -0.39 is 0 Å². The van der Waals surface area contributed by atoms with E-state index in [2.05, 4.69) is 34.6 Å². The highest BCUT2D eigenvalue weighted by Crippen LogP contribution is 2.63. The van der Waals surface area contributed by atoms with Crippen LogP contribution in [0.1, 0.15) is 60.8 Å². The van der Waals surface area contributed by atoms with Gasteiger partial charge in [-0.3, -0.25) is 0 Å². The van der Waals surface area contributed by atoms with Crippen LogP contribution in [0.15, 0.2) is 0 Å². The summed E-state index contributed by atoms with van der Waals surface area (Å²) in [4.78, 5) is 0. The van der Waals surface area contributed by atoms with Crippen LogP contribution in [0.4, 0.5) is 0 Å². The van der Waals surface area contributed by atoms with Crippen molar-refractivity contribution >= 4 is 0 Å². The normalized spacial score (nSPS) is 24.0. The van der Waals surface area contributed by atoms with Gasteiger partial charge in [-0.25, -0.2) is 0 Å². The van der Waals surface area contributed by atoms with E-state index in [4.69, 9.17) is 0 Å². The maximum absolute atomic E-state index is 9.91. The molecule has 0 aliphatic heterocycles. The summed E-state index contributed by atoms with van der Waals surface area (Å²) in [7, 11) is 0. The van der Waals surface area contributed by atoms with Crippen molar-refractivity contribution in [3.05, 3.63) is 0 Å². The standard InChI is InChI=1S/C14H28O/c1-10(2)11(3)9-14(7-8-14)13(5,6)12(4)15/h10-12,15H,7-9H2,1-6H3. The Morgan fingerprint density at radius 1 is 1.13 bits per heavy atom. The number of aliphatic hydroxyl groups excluding tert-OH is 1. The van der Waals surface area contributed by atoms with Crippen LogP contribution in [0.5, 0.6) is 0 Å². The Morgan fingerprint density at radius 2 is 1.60 bits per heavy atom. The molecule has 0 bridgehead atoms. The molecule has 0 aromatic heterocycles. The van der Waals surface area contributed by atoms with Gasteiger partial charge in [0.05, 0.1) is 6.10 Å². The lowest BCUT2D eigenvalue weighted by Crippen LogP contribution is -2.37. The Kier molecular flexibility index (Phi) is 3.55. The first-order chi connectivity index (χ1) is 6.73. The predicted molar refractivity (Wildman–Crippen MR) is 65.7 cm³/mol. The van der Waals surface area contributed by atoms with E-state index in [0.29, 0.717) is 5.41 Å². The van der Waals surface area contributed by atoms with Crippen LogP contribution in [0.2, 0.25) is 0 Å². The van der Waals surface area contributed by atoms with Crippen LogP contribution < -0.4 is 0 Å². The van der Waals surface area contributed by atoms with Crippen molar-refractivity contribution in [3.8, 4) is 0 Å². The average molecular weight is 212 g/mol. The number of hydrogen-bond acceptors (Lipinski definition) is 1. The van der Waals surface area contributed by atoms with Gasteiger partial charge in [0.25, 0.3) is 0 Å². The van der Waals surface area contributed by atoms with E-state index in [1.165, 1.54) is 19.3 Å². The maximum Gasteiger partial charge on any atom is 0.0568 e. The van der Waals surface area contributed by atoms with Gasteiger partial charge in [0.1, 0.15) is 0 Å². The van der Waals surface area contributed by atoms with E-state index in [1.54, 1.807) is 0 Å². The molecule has 0 spiro atoms. The molecule has 0 radical (unpaired) electrons. The summed E-state index contributed by atoms with van der Waals surface area (Å²) in [5, 5.41) is 9.91. The van der Waals surface area contributed by atoms with Crippen molar-refractivity contribution in [1.82, 2.24) is 0 Å². The van der Waals surface area contributed by atoms with Crippen molar-refractivity contribution in [2.24, 2.45) is 22.7 Å². The zero-order valence-corrected chi connectivity index (χ0v) is 11.3. The van der Waals surface area contributed by atoms with Gasteiger partial charge < -0.3 is 5.11 Å². The average Bonchev–Trinajstić information content (AvgIpc) is 2.85. The molecule has 1 N–H and O–H groups in total. The molecule has 0 heterocycles. The van der Waals surface area contributed by atoms with Crippen LogP contribution in [0.25, 0.3) is 0 Å². The first-order valence-electron chi connectivity index (χ1n) is 6.41. The molecule has 1 aliphatic rings. The Labute approximate surface area is 95.3 Å². The molecule has 1 nitrogen and oxygen atoms in total. The largest absolute Gasteiger partial charge is 0.393 e. The summed E-state index contributed by atoms with van der Waals surface area (Å²) in [5.74, 6) is 1.53. The van der Waals surface area contributed by atoms with Crippen LogP contribution in [0, 0.1) is 22.7 Å². The topological polar surface area (TPSA) is 20.2 Å². The van der Waals surface area contributed by atoms with Crippen LogP contribution in [-0.4, -0.2) is 11.2 Å². The third-order valence-corrected chi connectivity index (χ3v) is 5.12. The van der Waals surface area contributed by atoms with Crippen LogP contribution in [-0.2, 0) is 0 Å². The Balaban J connectivity index is 2.68. The molecule has 90 valence electrons. The molecule has 15 heavy (non-hydrogen) atoms. The lowest BCUT2D eigenvalue weighted by Gasteiger charge is -2.39. The number of rotatable bonds is 5. The molecule has 1 fully saturated rings. The van der Waals surface area contributed by atoms with Gasteiger partial charge in [0, 0.05) is 0 Å². The molecular weight excluding hydrogens is 184 g/mol. The number of hydrogen-bond donors (Lipinski definition) is 1. The summed E-state index contributed by atoms with van der Waals surface area (Å²) >= 11 is 0. The molecule has 0 aromatic carbocycles. The highest BCUT2D eigenvalue weighted by molar-refractivity contribution is 5.05. The van der Waals surface area contributed by atoms with E-state index >= 15 is 0 Å². The van der Waals surface area contributed by atoms with Crippen molar-refractivity contribution < 1.29 is 5.11 Å². The summed E-state index contributed by atoms with van der Waals surface area (Å²) in [6, 6.07) is 0. The fraction of sp³-hybridized carbons (Fsp3) is 1.00. The second-order valence-corrected chi connectivity index (χ2v) is 6.60. The molecule has 1 rings (SSSR count). The van der Waals surface area contributed by atoms with Crippen molar-refractivity contribution in [2.75, 3.05) is 0 Å². The van der Waals surface area contributed by atoms with Crippen LogP contribution in [0.3, 0.4) is 0 Å². The second-order valence-electron chi connectivity index (χ2n) is 6.60. The summed E-state index contributed by atoms with van der Waals surface area (Å²) in [6.07, 6.45) is 3.70. The maximum atomic E-state index is 9.91. The fourth-order valence-electron chi connectivity index (χ4n) is 2.56. The van der Waals surface area contributed by atoms with E-state index in [0.717, 1.165) is 11.8 Å². The summed E-state index contributed by atoms with van der Waals surface area (Å²) < 4.78 is 0. The monoisotopic (exact) mass is 212 g/mol. The van der Waals surface area contributed by atoms with E-state index in [-0.39, 0.29) is 11.5 Å². The minimum atomic E-state index is -0.195. The molecular formula is C14H28O. The molecule has 1 saturated carbocycles. The van der Waals surface area contributed by atoms with Gasteiger partial charge in [-0.05, 0) is 48.9 Å².